The third-order valence-corrected chi connectivity index (χ3v) is 5.93. The molecule has 1 aromatic rings. The van der Waals surface area contributed by atoms with Crippen LogP contribution in [0.2, 0.25) is 0 Å². The highest BCUT2D eigenvalue weighted by Gasteiger charge is 2.52. The minimum absolute atomic E-state index is 0.549. The number of benzene rings is 1. The first kappa shape index (κ1) is 23.7. The molecule has 1 heterocycles. The van der Waals surface area contributed by atoms with Crippen molar-refractivity contribution in [3.05, 3.63) is 34.9 Å². The molecule has 9 heteroatoms. The Labute approximate surface area is 182 Å². The fraction of sp³-hybridized carbons (Fsp3) is 0.550. The van der Waals surface area contributed by atoms with E-state index in [2.05, 4.69) is 15.9 Å². The van der Waals surface area contributed by atoms with Crippen molar-refractivity contribution in [2.45, 2.75) is 62.9 Å². The van der Waals surface area contributed by atoms with Crippen molar-refractivity contribution in [3.63, 3.8) is 0 Å². The molecule has 1 aliphatic heterocycles. The molecular weight excluding hydrogens is 464 g/mol. The average Bonchev–Trinajstić information content (AvgIpc) is 2.64. The number of rotatable bonds is 6. The van der Waals surface area contributed by atoms with Crippen molar-refractivity contribution in [2.75, 3.05) is 6.26 Å². The van der Waals surface area contributed by atoms with Crippen LogP contribution in [-0.2, 0) is 38.7 Å². The highest BCUT2D eigenvalue weighted by Crippen LogP contribution is 2.40. The lowest BCUT2D eigenvalue weighted by molar-refractivity contribution is -0.233. The summed E-state index contributed by atoms with van der Waals surface area (Å²) in [7, 11) is 0. The summed E-state index contributed by atoms with van der Waals surface area (Å²) in [6, 6.07) is 5.80. The van der Waals surface area contributed by atoms with Gasteiger partial charge in [-0.2, -0.15) is 0 Å². The van der Waals surface area contributed by atoms with E-state index in [0.29, 0.717) is 5.33 Å². The van der Waals surface area contributed by atoms with Gasteiger partial charge >= 0.3 is 17.9 Å². The zero-order valence-electron chi connectivity index (χ0n) is 17.0. The minimum Gasteiger partial charge on any atom is -0.455 e. The van der Waals surface area contributed by atoms with Crippen LogP contribution in [0, 0.1) is 6.92 Å². The van der Waals surface area contributed by atoms with E-state index < -0.39 is 47.8 Å². The summed E-state index contributed by atoms with van der Waals surface area (Å²) in [6.45, 7) is 5.78. The molecule has 29 heavy (non-hydrogen) atoms. The molecule has 2 rings (SSSR count). The summed E-state index contributed by atoms with van der Waals surface area (Å²) in [4.78, 5) is 35.3. The fourth-order valence-corrected chi connectivity index (χ4v) is 4.56. The summed E-state index contributed by atoms with van der Waals surface area (Å²) in [5.74, 6) is -1.68. The SMILES string of the molecule is CS[C@H]1OC(c2ccc(C)c(CBr)c2)[C@H](OC(C)=O)[C@@H](OC(C)=O)[C@@H]1OC(C)=O. The van der Waals surface area contributed by atoms with E-state index in [1.54, 1.807) is 6.26 Å². The summed E-state index contributed by atoms with van der Waals surface area (Å²) < 4.78 is 22.6. The Morgan fingerprint density at radius 2 is 1.55 bits per heavy atom. The Balaban J connectivity index is 2.54. The summed E-state index contributed by atoms with van der Waals surface area (Å²) in [6.07, 6.45) is -1.81. The molecule has 1 saturated heterocycles. The third-order valence-electron chi connectivity index (χ3n) is 4.48. The first-order valence-electron chi connectivity index (χ1n) is 9.03. The topological polar surface area (TPSA) is 88.1 Å². The monoisotopic (exact) mass is 488 g/mol. The summed E-state index contributed by atoms with van der Waals surface area (Å²) >= 11 is 4.79. The lowest BCUT2D eigenvalue weighted by Crippen LogP contribution is -2.57. The molecule has 0 radical (unpaired) electrons. The lowest BCUT2D eigenvalue weighted by Gasteiger charge is -2.44. The first-order chi connectivity index (χ1) is 13.7. The number of aryl methyl sites for hydroxylation is 1. The number of halogens is 1. The Morgan fingerprint density at radius 1 is 1.00 bits per heavy atom. The number of carbonyl (C=O) groups is 3. The predicted octanol–water partition coefficient (Wildman–Crippen LogP) is 3.45. The Kier molecular flexibility index (Phi) is 8.54. The van der Waals surface area contributed by atoms with Gasteiger partial charge in [0, 0.05) is 26.1 Å². The van der Waals surface area contributed by atoms with Crippen LogP contribution in [0.4, 0.5) is 0 Å². The van der Waals surface area contributed by atoms with E-state index in [1.165, 1.54) is 32.5 Å². The third kappa shape index (κ3) is 5.96. The van der Waals surface area contributed by atoms with Gasteiger partial charge < -0.3 is 18.9 Å². The second-order valence-electron chi connectivity index (χ2n) is 6.70. The number of carbonyl (C=O) groups excluding carboxylic acids is 3. The van der Waals surface area contributed by atoms with E-state index >= 15 is 0 Å². The van der Waals surface area contributed by atoms with E-state index in [1.807, 2.05) is 25.1 Å². The number of esters is 3. The maximum absolute atomic E-state index is 11.8. The van der Waals surface area contributed by atoms with Crippen LogP contribution in [0.1, 0.15) is 43.6 Å². The molecule has 0 amide bonds. The molecule has 7 nitrogen and oxygen atoms in total. The van der Waals surface area contributed by atoms with Gasteiger partial charge in [-0.15, -0.1) is 11.8 Å². The molecule has 1 fully saturated rings. The van der Waals surface area contributed by atoms with Crippen LogP contribution >= 0.6 is 27.7 Å². The second kappa shape index (κ2) is 10.4. The quantitative estimate of drug-likeness (QED) is 0.341. The van der Waals surface area contributed by atoms with E-state index in [0.717, 1.165) is 16.7 Å². The molecule has 5 atom stereocenters. The highest BCUT2D eigenvalue weighted by atomic mass is 79.9. The van der Waals surface area contributed by atoms with Crippen molar-refractivity contribution in [1.29, 1.82) is 0 Å². The Hall–Kier alpha value is -1.58. The molecule has 1 aromatic carbocycles. The minimum atomic E-state index is -1.01. The van der Waals surface area contributed by atoms with Gasteiger partial charge in [-0.3, -0.25) is 14.4 Å². The highest BCUT2D eigenvalue weighted by molar-refractivity contribution is 9.08. The molecule has 0 N–H and O–H groups in total. The molecule has 0 spiro atoms. The van der Waals surface area contributed by atoms with Gasteiger partial charge in [-0.1, -0.05) is 34.1 Å². The molecule has 0 bridgehead atoms. The number of hydrogen-bond acceptors (Lipinski definition) is 8. The zero-order valence-corrected chi connectivity index (χ0v) is 19.4. The van der Waals surface area contributed by atoms with Crippen LogP contribution in [0.15, 0.2) is 18.2 Å². The maximum Gasteiger partial charge on any atom is 0.303 e. The Morgan fingerprint density at radius 3 is 2.07 bits per heavy atom. The molecule has 0 saturated carbocycles. The smallest absolute Gasteiger partial charge is 0.303 e. The van der Waals surface area contributed by atoms with Crippen LogP contribution < -0.4 is 0 Å². The van der Waals surface area contributed by atoms with E-state index in [9.17, 15) is 14.4 Å². The Bertz CT molecular complexity index is 769. The standard InChI is InChI=1S/C20H25BrO7S/c1-10-6-7-14(8-15(10)9-21)16-17(25-11(2)22)18(26-12(3)23)19(27-13(4)24)20(28-16)29-5/h6-8,16-20H,9H2,1-5H3/t16?,17-,18+,19-,20+/m0/s1. The first-order valence-corrected chi connectivity index (χ1v) is 11.4. The lowest BCUT2D eigenvalue weighted by atomic mass is 9.92. The van der Waals surface area contributed by atoms with E-state index in [-0.39, 0.29) is 0 Å². The molecule has 1 unspecified atom stereocenters. The number of thioether (sulfide) groups is 1. The summed E-state index contributed by atoms with van der Waals surface area (Å²) in [5.41, 5.74) is 2.31. The fourth-order valence-electron chi connectivity index (χ4n) is 3.24. The van der Waals surface area contributed by atoms with E-state index in [4.69, 9.17) is 18.9 Å². The zero-order chi connectivity index (χ0) is 21.7. The van der Waals surface area contributed by atoms with Gasteiger partial charge in [0.15, 0.2) is 18.3 Å². The van der Waals surface area contributed by atoms with Gasteiger partial charge in [0.2, 0.25) is 0 Å². The van der Waals surface area contributed by atoms with Crippen LogP contribution in [0.5, 0.6) is 0 Å². The van der Waals surface area contributed by atoms with Crippen LogP contribution in [0.3, 0.4) is 0 Å². The van der Waals surface area contributed by atoms with Gasteiger partial charge in [-0.25, -0.2) is 0 Å². The van der Waals surface area contributed by atoms with Crippen LogP contribution in [0.25, 0.3) is 0 Å². The number of ether oxygens (including phenoxy) is 4. The second-order valence-corrected chi connectivity index (χ2v) is 8.20. The van der Waals surface area contributed by atoms with Gasteiger partial charge in [-0.05, 0) is 29.9 Å². The van der Waals surface area contributed by atoms with Gasteiger partial charge in [0.1, 0.15) is 11.5 Å². The van der Waals surface area contributed by atoms with Gasteiger partial charge in [0.25, 0.3) is 0 Å². The molecular formula is C20H25BrO7S. The maximum atomic E-state index is 11.8. The molecule has 1 aliphatic rings. The van der Waals surface area contributed by atoms with Crippen molar-refractivity contribution in [2.24, 2.45) is 0 Å². The summed E-state index contributed by atoms with van der Waals surface area (Å²) in [5, 5.41) is 0.646. The van der Waals surface area contributed by atoms with Crippen molar-refractivity contribution in [1.82, 2.24) is 0 Å². The average molecular weight is 489 g/mol. The number of alkyl halides is 1. The molecule has 0 aliphatic carbocycles. The van der Waals surface area contributed by atoms with Crippen molar-refractivity contribution < 1.29 is 33.3 Å². The largest absolute Gasteiger partial charge is 0.455 e. The van der Waals surface area contributed by atoms with Crippen molar-refractivity contribution in [3.8, 4) is 0 Å². The molecule has 0 aromatic heterocycles. The van der Waals surface area contributed by atoms with Gasteiger partial charge in [0.05, 0.1) is 0 Å². The van der Waals surface area contributed by atoms with Crippen molar-refractivity contribution >= 4 is 45.6 Å². The van der Waals surface area contributed by atoms with Crippen LogP contribution in [-0.4, -0.2) is 47.9 Å². The normalized spacial score (nSPS) is 26.5. The molecule has 160 valence electrons. The number of hydrogen-bond donors (Lipinski definition) is 0. The predicted molar refractivity (Wildman–Crippen MR) is 112 cm³/mol.